The van der Waals surface area contributed by atoms with Crippen molar-refractivity contribution in [3.63, 3.8) is 0 Å². The van der Waals surface area contributed by atoms with Crippen LogP contribution in [0.5, 0.6) is 0 Å². The molecule has 0 heterocycles. The molecule has 1 saturated carbocycles. The highest BCUT2D eigenvalue weighted by Gasteiger charge is 2.72. The fourth-order valence-electron chi connectivity index (χ4n) is 4.53. The summed E-state index contributed by atoms with van der Waals surface area (Å²) < 4.78 is 14.4. The molecule has 8 heteroatoms. The smallest absolute Gasteiger partial charge is 0.327 e. The fourth-order valence-corrected chi connectivity index (χ4v) is 4.53. The monoisotopic (exact) mass is 371 g/mol. The minimum Gasteiger partial charge on any atom is -0.468 e. The average Bonchev–Trinajstić information content (AvgIpc) is 2.92. The highest BCUT2D eigenvalue weighted by atomic mass is 16.5. The summed E-state index contributed by atoms with van der Waals surface area (Å²) in [6, 6.07) is 8.59. The number of nitriles is 1. The van der Waals surface area contributed by atoms with Crippen molar-refractivity contribution in [2.75, 3.05) is 21.3 Å². The van der Waals surface area contributed by atoms with E-state index in [4.69, 9.17) is 14.2 Å². The van der Waals surface area contributed by atoms with Gasteiger partial charge in [0.25, 0.3) is 0 Å². The van der Waals surface area contributed by atoms with Gasteiger partial charge in [0.15, 0.2) is 11.2 Å². The summed E-state index contributed by atoms with van der Waals surface area (Å²) in [4.78, 5) is 50.9. The zero-order valence-electron chi connectivity index (χ0n) is 14.9. The number of carbonyl (C=O) groups excluding carboxylic acids is 4. The zero-order valence-corrected chi connectivity index (χ0v) is 14.9. The SMILES string of the molecule is COC(=O)[C@H]1C(=O)[C@H](C(=O)OC)[C@H]2c3ccccc3[C@H]1C2(C#N)C(=O)OC. The van der Waals surface area contributed by atoms with Gasteiger partial charge in [0.2, 0.25) is 0 Å². The molecule has 1 fully saturated rings. The number of nitrogens with zero attached hydrogens (tertiary/aromatic N) is 1. The topological polar surface area (TPSA) is 120 Å². The Balaban J connectivity index is 2.40. The van der Waals surface area contributed by atoms with Gasteiger partial charge in [0.1, 0.15) is 11.8 Å². The van der Waals surface area contributed by atoms with E-state index < -0.39 is 52.8 Å². The number of hydrogen-bond acceptors (Lipinski definition) is 8. The number of methoxy groups -OCH3 is 3. The van der Waals surface area contributed by atoms with Crippen LogP contribution in [0.15, 0.2) is 24.3 Å². The van der Waals surface area contributed by atoms with Gasteiger partial charge in [-0.1, -0.05) is 24.3 Å². The van der Waals surface area contributed by atoms with E-state index in [1.165, 1.54) is 0 Å². The maximum absolute atomic E-state index is 13.1. The third kappa shape index (κ3) is 2.21. The predicted octanol–water partition coefficient (Wildman–Crippen LogP) is 0.711. The number of rotatable bonds is 3. The van der Waals surface area contributed by atoms with Gasteiger partial charge in [0, 0.05) is 11.8 Å². The van der Waals surface area contributed by atoms with Crippen LogP contribution in [-0.4, -0.2) is 45.0 Å². The Hall–Kier alpha value is -3.21. The Bertz CT molecular complexity index is 831. The molecule has 2 aliphatic rings. The Kier molecular flexibility index (Phi) is 4.47. The third-order valence-corrected chi connectivity index (χ3v) is 5.55. The van der Waals surface area contributed by atoms with Crippen molar-refractivity contribution in [3.8, 4) is 6.07 Å². The highest BCUT2D eigenvalue weighted by Crippen LogP contribution is 2.65. The average molecular weight is 371 g/mol. The summed E-state index contributed by atoms with van der Waals surface area (Å²) >= 11 is 0. The molecule has 4 atom stereocenters. The molecule has 1 aromatic rings. The second-order valence-corrected chi connectivity index (χ2v) is 6.46. The lowest BCUT2D eigenvalue weighted by atomic mass is 9.56. The summed E-state index contributed by atoms with van der Waals surface area (Å²) in [5.74, 6) is -8.71. The molecule has 140 valence electrons. The van der Waals surface area contributed by atoms with Crippen LogP contribution in [0.25, 0.3) is 0 Å². The molecule has 0 aromatic heterocycles. The van der Waals surface area contributed by atoms with Gasteiger partial charge < -0.3 is 14.2 Å². The molecule has 1 aromatic carbocycles. The summed E-state index contributed by atoms with van der Waals surface area (Å²) in [7, 11) is 3.31. The van der Waals surface area contributed by atoms with Gasteiger partial charge in [-0.3, -0.25) is 19.2 Å². The molecule has 0 amide bonds. The van der Waals surface area contributed by atoms with Crippen molar-refractivity contribution in [3.05, 3.63) is 35.4 Å². The largest absolute Gasteiger partial charge is 0.468 e. The van der Waals surface area contributed by atoms with Crippen molar-refractivity contribution in [2.24, 2.45) is 17.3 Å². The summed E-state index contributed by atoms with van der Waals surface area (Å²) in [5.41, 5.74) is -0.974. The van der Waals surface area contributed by atoms with Crippen LogP contribution in [0.2, 0.25) is 0 Å². The van der Waals surface area contributed by atoms with Gasteiger partial charge in [-0.2, -0.15) is 5.26 Å². The number of fused-ring (bicyclic) bond motifs is 5. The van der Waals surface area contributed by atoms with Crippen molar-refractivity contribution < 1.29 is 33.4 Å². The van der Waals surface area contributed by atoms with Gasteiger partial charge >= 0.3 is 17.9 Å². The van der Waals surface area contributed by atoms with Crippen molar-refractivity contribution in [2.45, 2.75) is 11.8 Å². The molecule has 0 spiro atoms. The predicted molar refractivity (Wildman–Crippen MR) is 88.0 cm³/mol. The van der Waals surface area contributed by atoms with E-state index in [1.807, 2.05) is 6.07 Å². The molecule has 0 aliphatic heterocycles. The molecule has 0 radical (unpaired) electrons. The lowest BCUT2D eigenvalue weighted by Crippen LogP contribution is -2.55. The van der Waals surface area contributed by atoms with E-state index in [0.717, 1.165) is 21.3 Å². The van der Waals surface area contributed by atoms with Crippen molar-refractivity contribution >= 4 is 23.7 Å². The van der Waals surface area contributed by atoms with Gasteiger partial charge in [-0.05, 0) is 11.1 Å². The van der Waals surface area contributed by atoms with Gasteiger partial charge in [-0.25, -0.2) is 0 Å². The number of hydrogen-bond donors (Lipinski definition) is 0. The highest BCUT2D eigenvalue weighted by molar-refractivity contribution is 6.13. The van der Waals surface area contributed by atoms with Crippen LogP contribution >= 0.6 is 0 Å². The summed E-state index contributed by atoms with van der Waals surface area (Å²) in [6.07, 6.45) is 0. The lowest BCUT2D eigenvalue weighted by Gasteiger charge is -2.41. The second-order valence-electron chi connectivity index (χ2n) is 6.46. The fraction of sp³-hybridized carbons (Fsp3) is 0.421. The van der Waals surface area contributed by atoms with E-state index in [2.05, 4.69) is 0 Å². The van der Waals surface area contributed by atoms with Crippen LogP contribution < -0.4 is 0 Å². The molecular weight excluding hydrogens is 354 g/mol. The Morgan fingerprint density at radius 2 is 1.37 bits per heavy atom. The standard InChI is InChI=1S/C19H17NO7/c1-25-16(22)11-13-9-6-4-5-7-10(9)14(12(15(11)21)17(23)26-2)19(13,8-20)18(24)27-3/h4-7,11-14H,1-3H3/t11-,12-,13-,14-/m1/s1. The molecule has 2 aliphatic carbocycles. The van der Waals surface area contributed by atoms with Crippen molar-refractivity contribution in [1.29, 1.82) is 5.26 Å². The molecule has 3 rings (SSSR count). The molecule has 2 bridgehead atoms. The quantitative estimate of drug-likeness (QED) is 0.433. The number of benzene rings is 1. The molecule has 0 N–H and O–H groups in total. The van der Waals surface area contributed by atoms with E-state index in [0.29, 0.717) is 11.1 Å². The van der Waals surface area contributed by atoms with Gasteiger partial charge in [-0.15, -0.1) is 0 Å². The lowest BCUT2D eigenvalue weighted by molar-refractivity contribution is -0.168. The molecule has 0 saturated heterocycles. The molecular formula is C19H17NO7. The number of Topliss-reactive ketones (excluding diaryl/α,β-unsaturated/α-hetero) is 1. The second kappa shape index (κ2) is 6.50. The first-order chi connectivity index (χ1) is 12.9. The Morgan fingerprint density at radius 1 is 0.926 bits per heavy atom. The zero-order chi connectivity index (χ0) is 19.9. The first-order valence-electron chi connectivity index (χ1n) is 8.18. The van der Waals surface area contributed by atoms with E-state index >= 15 is 0 Å². The number of ether oxygens (including phenoxy) is 3. The van der Waals surface area contributed by atoms with E-state index in [-0.39, 0.29) is 0 Å². The number of carbonyl (C=O) groups is 4. The molecule has 0 unspecified atom stereocenters. The normalized spacial score (nSPS) is 30.7. The first-order valence-corrected chi connectivity index (χ1v) is 8.18. The minimum atomic E-state index is -1.93. The van der Waals surface area contributed by atoms with Crippen LogP contribution in [0.4, 0.5) is 0 Å². The van der Waals surface area contributed by atoms with Crippen LogP contribution in [0.1, 0.15) is 23.0 Å². The summed E-state index contributed by atoms with van der Waals surface area (Å²) in [5, 5.41) is 10.1. The van der Waals surface area contributed by atoms with E-state index in [9.17, 15) is 24.4 Å². The van der Waals surface area contributed by atoms with Crippen LogP contribution in [-0.2, 0) is 33.4 Å². The third-order valence-electron chi connectivity index (χ3n) is 5.55. The van der Waals surface area contributed by atoms with E-state index in [1.54, 1.807) is 24.3 Å². The number of esters is 3. The maximum atomic E-state index is 13.1. The number of ketones is 1. The van der Waals surface area contributed by atoms with Crippen molar-refractivity contribution in [1.82, 2.24) is 0 Å². The molecule has 8 nitrogen and oxygen atoms in total. The summed E-state index contributed by atoms with van der Waals surface area (Å²) in [6.45, 7) is 0. The molecule has 27 heavy (non-hydrogen) atoms. The minimum absolute atomic E-state index is 0.476. The Labute approximate surface area is 155 Å². The first kappa shape index (κ1) is 18.6. The Morgan fingerprint density at radius 3 is 1.70 bits per heavy atom. The van der Waals surface area contributed by atoms with Crippen LogP contribution in [0, 0.1) is 28.6 Å². The van der Waals surface area contributed by atoms with Crippen LogP contribution in [0.3, 0.4) is 0 Å². The maximum Gasteiger partial charge on any atom is 0.327 e. The van der Waals surface area contributed by atoms with Gasteiger partial charge in [0.05, 0.1) is 27.4 Å².